The summed E-state index contributed by atoms with van der Waals surface area (Å²) < 4.78 is 39.3. The minimum atomic E-state index is -4.47. The molecular formula is C13H14ClF3N4. The Hall–Kier alpha value is -1.60. The molecule has 21 heavy (non-hydrogen) atoms. The van der Waals surface area contributed by atoms with Crippen molar-refractivity contribution in [2.45, 2.75) is 26.1 Å². The number of hydrogen-bond donors (Lipinski definition) is 1. The second-order valence-corrected chi connectivity index (χ2v) is 4.85. The number of alkyl halides is 3. The van der Waals surface area contributed by atoms with Gasteiger partial charge in [0, 0.05) is 18.3 Å². The summed E-state index contributed by atoms with van der Waals surface area (Å²) in [5, 5.41) is 7.10. The summed E-state index contributed by atoms with van der Waals surface area (Å²) in [7, 11) is 1.81. The molecule has 0 bridgehead atoms. The molecule has 0 unspecified atom stereocenters. The molecular weight excluding hydrogens is 305 g/mol. The Bertz CT molecular complexity index is 637. The van der Waals surface area contributed by atoms with Crippen LogP contribution >= 0.6 is 11.6 Å². The van der Waals surface area contributed by atoms with Gasteiger partial charge in [0.2, 0.25) is 0 Å². The first-order valence-corrected chi connectivity index (χ1v) is 6.69. The second kappa shape index (κ2) is 6.03. The summed E-state index contributed by atoms with van der Waals surface area (Å²) in [5.41, 5.74) is 0.938. The number of rotatable bonds is 4. The van der Waals surface area contributed by atoms with Crippen LogP contribution in [-0.4, -0.2) is 21.8 Å². The summed E-state index contributed by atoms with van der Waals surface area (Å²) in [6, 6.07) is 0.864. The monoisotopic (exact) mass is 318 g/mol. The van der Waals surface area contributed by atoms with E-state index in [0.717, 1.165) is 23.5 Å². The van der Waals surface area contributed by atoms with Gasteiger partial charge >= 0.3 is 6.18 Å². The van der Waals surface area contributed by atoms with Crippen molar-refractivity contribution in [3.05, 3.63) is 40.3 Å². The molecule has 114 valence electrons. The molecule has 0 saturated carbocycles. The van der Waals surface area contributed by atoms with Crippen LogP contribution in [0, 0.1) is 0 Å². The predicted molar refractivity (Wildman–Crippen MR) is 73.5 cm³/mol. The third-order valence-corrected chi connectivity index (χ3v) is 3.29. The molecule has 0 spiro atoms. The molecule has 2 aromatic rings. The predicted octanol–water partition coefficient (Wildman–Crippen LogP) is 3.22. The third kappa shape index (κ3) is 3.19. The average molecular weight is 319 g/mol. The highest BCUT2D eigenvalue weighted by Crippen LogP contribution is 2.32. The Morgan fingerprint density at radius 2 is 2.05 bits per heavy atom. The van der Waals surface area contributed by atoms with Gasteiger partial charge in [-0.1, -0.05) is 18.5 Å². The normalized spacial score (nSPS) is 11.9. The molecule has 0 fully saturated rings. The van der Waals surface area contributed by atoms with Gasteiger partial charge in [0.05, 0.1) is 22.5 Å². The second-order valence-electron chi connectivity index (χ2n) is 4.44. The number of nitrogens with one attached hydrogen (secondary N) is 1. The molecule has 0 atom stereocenters. The summed E-state index contributed by atoms with van der Waals surface area (Å²) in [5.74, 6) is 0.198. The Balaban J connectivity index is 2.48. The molecule has 2 heterocycles. The van der Waals surface area contributed by atoms with E-state index in [0.29, 0.717) is 13.0 Å². The molecule has 2 rings (SSSR count). The van der Waals surface area contributed by atoms with Gasteiger partial charge in [-0.05, 0) is 19.5 Å². The molecule has 0 aliphatic carbocycles. The fourth-order valence-electron chi connectivity index (χ4n) is 2.05. The van der Waals surface area contributed by atoms with Crippen LogP contribution in [0.5, 0.6) is 0 Å². The quantitative estimate of drug-likeness (QED) is 0.941. The van der Waals surface area contributed by atoms with Crippen molar-refractivity contribution in [1.82, 2.24) is 20.1 Å². The molecule has 4 nitrogen and oxygen atoms in total. The maximum Gasteiger partial charge on any atom is 0.417 e. The molecule has 0 aliphatic heterocycles. The number of halogens is 4. The van der Waals surface area contributed by atoms with Crippen molar-refractivity contribution >= 4 is 11.6 Å². The van der Waals surface area contributed by atoms with Crippen molar-refractivity contribution in [1.29, 1.82) is 0 Å². The van der Waals surface area contributed by atoms with Gasteiger partial charge in [-0.15, -0.1) is 0 Å². The lowest BCUT2D eigenvalue weighted by molar-refractivity contribution is -0.137. The smallest absolute Gasteiger partial charge is 0.316 e. The van der Waals surface area contributed by atoms with E-state index in [1.54, 1.807) is 13.2 Å². The standard InChI is InChI=1S/C13H14ClF3N4/c1-3-11-8(5-18-2)6-20-21(11)12-10(14)4-9(7-19-12)13(15,16)17/h4,6-7,18H,3,5H2,1-2H3. The fraction of sp³-hybridized carbons (Fsp3) is 0.385. The number of nitrogens with zero attached hydrogens (tertiary/aromatic N) is 3. The van der Waals surface area contributed by atoms with Crippen LogP contribution in [-0.2, 0) is 19.1 Å². The average Bonchev–Trinajstić information content (AvgIpc) is 2.80. The van der Waals surface area contributed by atoms with Gasteiger partial charge in [-0.3, -0.25) is 0 Å². The van der Waals surface area contributed by atoms with Gasteiger partial charge in [0.25, 0.3) is 0 Å². The minimum Gasteiger partial charge on any atom is -0.316 e. The van der Waals surface area contributed by atoms with Gasteiger partial charge in [-0.2, -0.15) is 18.3 Å². The molecule has 8 heteroatoms. The van der Waals surface area contributed by atoms with Crippen LogP contribution in [0.25, 0.3) is 5.82 Å². The zero-order chi connectivity index (χ0) is 15.6. The molecule has 0 saturated heterocycles. The lowest BCUT2D eigenvalue weighted by atomic mass is 10.2. The van der Waals surface area contributed by atoms with Crippen molar-refractivity contribution in [3.8, 4) is 5.82 Å². The van der Waals surface area contributed by atoms with Crippen LogP contribution in [0.2, 0.25) is 5.02 Å². The fourth-order valence-corrected chi connectivity index (χ4v) is 2.29. The SMILES string of the molecule is CCc1c(CNC)cnn1-c1ncc(C(F)(F)F)cc1Cl. The molecule has 0 aromatic carbocycles. The molecule has 0 amide bonds. The molecule has 1 N–H and O–H groups in total. The Labute approximate surface area is 124 Å². The van der Waals surface area contributed by atoms with Crippen LogP contribution in [0.1, 0.15) is 23.7 Å². The first kappa shape index (κ1) is 15.8. The van der Waals surface area contributed by atoms with Crippen LogP contribution < -0.4 is 5.32 Å². The molecule has 0 aliphatic rings. The van der Waals surface area contributed by atoms with Gasteiger partial charge in [0.15, 0.2) is 5.82 Å². The molecule has 2 aromatic heterocycles. The lowest BCUT2D eigenvalue weighted by Crippen LogP contribution is -2.11. The first-order valence-electron chi connectivity index (χ1n) is 6.32. The zero-order valence-electron chi connectivity index (χ0n) is 11.5. The first-order chi connectivity index (χ1) is 9.88. The number of aromatic nitrogens is 3. The van der Waals surface area contributed by atoms with E-state index in [2.05, 4.69) is 15.4 Å². The van der Waals surface area contributed by atoms with E-state index in [9.17, 15) is 13.2 Å². The lowest BCUT2D eigenvalue weighted by Gasteiger charge is -2.11. The largest absolute Gasteiger partial charge is 0.417 e. The van der Waals surface area contributed by atoms with Crippen LogP contribution in [0.4, 0.5) is 13.2 Å². The van der Waals surface area contributed by atoms with Crippen molar-refractivity contribution < 1.29 is 13.2 Å². The van der Waals surface area contributed by atoms with E-state index in [-0.39, 0.29) is 10.8 Å². The van der Waals surface area contributed by atoms with E-state index < -0.39 is 11.7 Å². The van der Waals surface area contributed by atoms with Crippen molar-refractivity contribution in [3.63, 3.8) is 0 Å². The van der Waals surface area contributed by atoms with Gasteiger partial charge in [-0.25, -0.2) is 9.67 Å². The van der Waals surface area contributed by atoms with Gasteiger partial charge in [0.1, 0.15) is 0 Å². The van der Waals surface area contributed by atoms with Crippen molar-refractivity contribution in [2.75, 3.05) is 7.05 Å². The van der Waals surface area contributed by atoms with E-state index in [1.165, 1.54) is 4.68 Å². The minimum absolute atomic E-state index is 0.0846. The Morgan fingerprint density at radius 1 is 1.33 bits per heavy atom. The van der Waals surface area contributed by atoms with Gasteiger partial charge < -0.3 is 5.32 Å². The van der Waals surface area contributed by atoms with E-state index in [4.69, 9.17) is 11.6 Å². The number of hydrogen-bond acceptors (Lipinski definition) is 3. The summed E-state index contributed by atoms with van der Waals surface area (Å²) in [6.45, 7) is 2.55. The zero-order valence-corrected chi connectivity index (χ0v) is 12.3. The Kier molecular flexibility index (Phi) is 4.53. The maximum atomic E-state index is 12.6. The van der Waals surface area contributed by atoms with Crippen LogP contribution in [0.3, 0.4) is 0 Å². The topological polar surface area (TPSA) is 42.7 Å². The van der Waals surface area contributed by atoms with E-state index in [1.807, 2.05) is 6.92 Å². The highest BCUT2D eigenvalue weighted by molar-refractivity contribution is 6.32. The number of pyridine rings is 1. The molecule has 0 radical (unpaired) electrons. The summed E-state index contributed by atoms with van der Waals surface area (Å²) in [6.07, 6.45) is -1.38. The highest BCUT2D eigenvalue weighted by atomic mass is 35.5. The maximum absolute atomic E-state index is 12.6. The summed E-state index contributed by atoms with van der Waals surface area (Å²) in [4.78, 5) is 3.83. The highest BCUT2D eigenvalue weighted by Gasteiger charge is 2.32. The van der Waals surface area contributed by atoms with Crippen molar-refractivity contribution in [2.24, 2.45) is 0 Å². The summed E-state index contributed by atoms with van der Waals surface area (Å²) >= 11 is 5.95. The Morgan fingerprint density at radius 3 is 2.57 bits per heavy atom. The third-order valence-electron chi connectivity index (χ3n) is 3.01. The van der Waals surface area contributed by atoms with Crippen LogP contribution in [0.15, 0.2) is 18.5 Å². The van der Waals surface area contributed by atoms with E-state index >= 15 is 0 Å².